The topological polar surface area (TPSA) is 9.23 Å². The van der Waals surface area contributed by atoms with Crippen LogP contribution in [0, 0.1) is 5.41 Å². The largest absolute Gasteiger partial charge is 0.373 e. The minimum Gasteiger partial charge on any atom is -0.373 e. The van der Waals surface area contributed by atoms with Gasteiger partial charge in [0.25, 0.3) is 0 Å². The molecule has 0 N–H and O–H groups in total. The smallest absolute Gasteiger partial charge is 0.0602 e. The summed E-state index contributed by atoms with van der Waals surface area (Å²) in [6, 6.07) is 0. The third-order valence-corrected chi connectivity index (χ3v) is 2.68. The van der Waals surface area contributed by atoms with E-state index in [-0.39, 0.29) is 5.60 Å². The maximum absolute atomic E-state index is 6.01. The van der Waals surface area contributed by atoms with E-state index < -0.39 is 0 Å². The summed E-state index contributed by atoms with van der Waals surface area (Å²) in [5.41, 5.74) is 0.520. The van der Waals surface area contributed by atoms with Gasteiger partial charge in [0.2, 0.25) is 0 Å². The Kier molecular flexibility index (Phi) is 3.06. The van der Waals surface area contributed by atoms with Crippen molar-refractivity contribution in [3.05, 3.63) is 0 Å². The van der Waals surface area contributed by atoms with Crippen molar-refractivity contribution in [2.24, 2.45) is 5.41 Å². The third kappa shape index (κ3) is 4.12. The van der Waals surface area contributed by atoms with Crippen LogP contribution in [0.3, 0.4) is 0 Å². The maximum atomic E-state index is 6.01. The van der Waals surface area contributed by atoms with Crippen LogP contribution in [0.4, 0.5) is 0 Å². The van der Waals surface area contributed by atoms with E-state index in [2.05, 4.69) is 34.6 Å². The van der Waals surface area contributed by atoms with Crippen LogP contribution >= 0.6 is 0 Å². The van der Waals surface area contributed by atoms with Crippen molar-refractivity contribution in [3.8, 4) is 0 Å². The highest BCUT2D eigenvalue weighted by molar-refractivity contribution is 4.81. The van der Waals surface area contributed by atoms with E-state index in [1.807, 2.05) is 0 Å². The molecule has 0 saturated heterocycles. The normalized spacial score (nSPS) is 28.8. The highest BCUT2D eigenvalue weighted by Gasteiger charge is 2.30. The zero-order valence-corrected chi connectivity index (χ0v) is 9.81. The van der Waals surface area contributed by atoms with Crippen LogP contribution in [0.25, 0.3) is 0 Å². The Morgan fingerprint density at radius 3 is 2.31 bits per heavy atom. The molecule has 78 valence electrons. The van der Waals surface area contributed by atoms with E-state index in [0.29, 0.717) is 11.5 Å². The predicted molar refractivity (Wildman–Crippen MR) is 56.9 cm³/mol. The molecule has 1 aliphatic rings. The Labute approximate surface area is 82.9 Å². The highest BCUT2D eigenvalue weighted by atomic mass is 16.5. The molecule has 1 heteroatoms. The molecule has 1 fully saturated rings. The van der Waals surface area contributed by atoms with Gasteiger partial charge >= 0.3 is 0 Å². The van der Waals surface area contributed by atoms with E-state index in [4.69, 9.17) is 4.74 Å². The molecular weight excluding hydrogens is 160 g/mol. The Hall–Kier alpha value is -0.0400. The summed E-state index contributed by atoms with van der Waals surface area (Å²) in [4.78, 5) is 0. The van der Waals surface area contributed by atoms with Crippen LogP contribution in [-0.2, 0) is 4.74 Å². The lowest BCUT2D eigenvalue weighted by Crippen LogP contribution is -2.34. The molecule has 1 nitrogen and oxygen atoms in total. The van der Waals surface area contributed by atoms with Gasteiger partial charge < -0.3 is 4.74 Å². The molecule has 0 aliphatic heterocycles. The van der Waals surface area contributed by atoms with E-state index in [9.17, 15) is 0 Å². The van der Waals surface area contributed by atoms with Gasteiger partial charge in [-0.1, -0.05) is 20.3 Å². The molecule has 1 aliphatic carbocycles. The molecule has 0 amide bonds. The van der Waals surface area contributed by atoms with Gasteiger partial charge in [-0.25, -0.2) is 0 Å². The van der Waals surface area contributed by atoms with Crippen molar-refractivity contribution in [2.45, 2.75) is 72.0 Å². The summed E-state index contributed by atoms with van der Waals surface area (Å²) < 4.78 is 6.01. The minimum atomic E-state index is 0.0259. The van der Waals surface area contributed by atoms with Crippen molar-refractivity contribution < 1.29 is 4.74 Å². The number of ether oxygens (including phenoxy) is 1. The second kappa shape index (κ2) is 3.61. The first-order valence-electron chi connectivity index (χ1n) is 5.46. The molecule has 1 saturated carbocycles. The van der Waals surface area contributed by atoms with Gasteiger partial charge in [-0.15, -0.1) is 0 Å². The van der Waals surface area contributed by atoms with Crippen LogP contribution in [0.15, 0.2) is 0 Å². The molecule has 0 aromatic rings. The molecule has 1 atom stereocenters. The third-order valence-electron chi connectivity index (χ3n) is 2.68. The van der Waals surface area contributed by atoms with E-state index in [0.717, 1.165) is 0 Å². The van der Waals surface area contributed by atoms with Gasteiger partial charge in [0.1, 0.15) is 0 Å². The average Bonchev–Trinajstić information content (AvgIpc) is 1.79. The fourth-order valence-corrected chi connectivity index (χ4v) is 2.23. The lowest BCUT2D eigenvalue weighted by atomic mass is 9.76. The van der Waals surface area contributed by atoms with Gasteiger partial charge in [0.15, 0.2) is 0 Å². The van der Waals surface area contributed by atoms with Crippen LogP contribution in [-0.4, -0.2) is 11.7 Å². The van der Waals surface area contributed by atoms with Gasteiger partial charge in [-0.3, -0.25) is 0 Å². The van der Waals surface area contributed by atoms with Crippen LogP contribution in [0.5, 0.6) is 0 Å². The van der Waals surface area contributed by atoms with Crippen LogP contribution in [0.1, 0.15) is 60.3 Å². The average molecular weight is 184 g/mol. The van der Waals surface area contributed by atoms with Crippen molar-refractivity contribution in [2.75, 3.05) is 0 Å². The van der Waals surface area contributed by atoms with E-state index in [1.54, 1.807) is 0 Å². The zero-order chi connectivity index (χ0) is 10.1. The molecule has 0 aromatic carbocycles. The summed E-state index contributed by atoms with van der Waals surface area (Å²) in [5, 5.41) is 0. The molecule has 13 heavy (non-hydrogen) atoms. The number of rotatable bonds is 1. The fraction of sp³-hybridized carbons (Fsp3) is 1.00. The number of hydrogen-bond donors (Lipinski definition) is 0. The summed E-state index contributed by atoms with van der Waals surface area (Å²) in [5.74, 6) is 0. The van der Waals surface area contributed by atoms with E-state index >= 15 is 0 Å². The summed E-state index contributed by atoms with van der Waals surface area (Å²) in [7, 11) is 0. The van der Waals surface area contributed by atoms with E-state index in [1.165, 1.54) is 25.7 Å². The van der Waals surface area contributed by atoms with Crippen molar-refractivity contribution in [1.29, 1.82) is 0 Å². The van der Waals surface area contributed by atoms with Gasteiger partial charge in [0, 0.05) is 0 Å². The molecule has 0 heterocycles. The second-order valence-corrected chi connectivity index (χ2v) is 6.11. The van der Waals surface area contributed by atoms with Gasteiger partial charge in [0.05, 0.1) is 11.7 Å². The Balaban J connectivity index is 2.44. The van der Waals surface area contributed by atoms with Crippen LogP contribution in [0.2, 0.25) is 0 Å². The second-order valence-electron chi connectivity index (χ2n) is 6.11. The van der Waals surface area contributed by atoms with Gasteiger partial charge in [-0.2, -0.15) is 0 Å². The SMILES string of the molecule is CC1(C)CCCC(OC(C)(C)C)C1. The Bertz CT molecular complexity index is 162. The molecule has 1 unspecified atom stereocenters. The monoisotopic (exact) mass is 184 g/mol. The fourth-order valence-electron chi connectivity index (χ4n) is 2.23. The molecule has 0 radical (unpaired) electrons. The molecular formula is C12H24O. The molecule has 0 spiro atoms. The Morgan fingerprint density at radius 2 is 1.85 bits per heavy atom. The quantitative estimate of drug-likeness (QED) is 0.602. The summed E-state index contributed by atoms with van der Waals surface area (Å²) in [6.07, 6.45) is 5.65. The first-order chi connectivity index (χ1) is 5.79. The molecule has 0 aromatic heterocycles. The first kappa shape index (κ1) is 11.0. The standard InChI is InChI=1S/C12H24O/c1-11(2,3)13-10-7-6-8-12(4,5)9-10/h10H,6-9H2,1-5H3. The van der Waals surface area contributed by atoms with Crippen molar-refractivity contribution >= 4 is 0 Å². The predicted octanol–water partition coefficient (Wildman–Crippen LogP) is 3.77. The zero-order valence-electron chi connectivity index (χ0n) is 9.81. The van der Waals surface area contributed by atoms with Crippen molar-refractivity contribution in [1.82, 2.24) is 0 Å². The highest BCUT2D eigenvalue weighted by Crippen LogP contribution is 2.37. The van der Waals surface area contributed by atoms with Crippen LogP contribution < -0.4 is 0 Å². The number of hydrogen-bond acceptors (Lipinski definition) is 1. The minimum absolute atomic E-state index is 0.0259. The first-order valence-corrected chi connectivity index (χ1v) is 5.46. The summed E-state index contributed by atoms with van der Waals surface area (Å²) in [6.45, 7) is 11.1. The maximum Gasteiger partial charge on any atom is 0.0602 e. The lowest BCUT2D eigenvalue weighted by Gasteiger charge is -2.38. The molecule has 1 rings (SSSR count). The Morgan fingerprint density at radius 1 is 1.23 bits per heavy atom. The molecule has 0 bridgehead atoms. The summed E-state index contributed by atoms with van der Waals surface area (Å²) >= 11 is 0. The lowest BCUT2D eigenvalue weighted by molar-refractivity contribution is -0.0910. The van der Waals surface area contributed by atoms with Crippen molar-refractivity contribution in [3.63, 3.8) is 0 Å². The van der Waals surface area contributed by atoms with Gasteiger partial charge in [-0.05, 0) is 45.4 Å².